The van der Waals surface area contributed by atoms with Crippen molar-refractivity contribution in [1.29, 1.82) is 0 Å². The van der Waals surface area contributed by atoms with Crippen molar-refractivity contribution in [3.8, 4) is 0 Å². The molecule has 1 aromatic heterocycles. The Morgan fingerprint density at radius 3 is 2.36 bits per heavy atom. The van der Waals surface area contributed by atoms with E-state index in [9.17, 15) is 9.59 Å². The molecule has 1 fully saturated rings. The summed E-state index contributed by atoms with van der Waals surface area (Å²) in [5, 5.41) is 13.5. The van der Waals surface area contributed by atoms with Gasteiger partial charge in [0.25, 0.3) is 0 Å². The third kappa shape index (κ3) is 3.15. The van der Waals surface area contributed by atoms with Gasteiger partial charge in [-0.05, 0) is 33.6 Å². The molecule has 1 amide bonds. The van der Waals surface area contributed by atoms with Gasteiger partial charge in [0, 0.05) is 30.9 Å². The predicted molar refractivity (Wildman–Crippen MR) is 82.6 cm³/mol. The molecular weight excluding hydrogens is 282 g/mol. The molecule has 2 rings (SSSR count). The molecule has 0 radical (unpaired) electrons. The first kappa shape index (κ1) is 16.5. The van der Waals surface area contributed by atoms with Crippen molar-refractivity contribution in [1.82, 2.24) is 14.7 Å². The van der Waals surface area contributed by atoms with Gasteiger partial charge in [-0.15, -0.1) is 0 Å². The summed E-state index contributed by atoms with van der Waals surface area (Å²) in [6.45, 7) is 7.69. The highest BCUT2D eigenvalue weighted by Crippen LogP contribution is 2.32. The Morgan fingerprint density at radius 2 is 1.95 bits per heavy atom. The number of carboxylic acids is 1. The summed E-state index contributed by atoms with van der Waals surface area (Å²) in [6, 6.07) is 0.203. The summed E-state index contributed by atoms with van der Waals surface area (Å²) >= 11 is 0. The normalized spacial score (nSPS) is 17.1. The van der Waals surface area contributed by atoms with E-state index in [1.165, 1.54) is 0 Å². The first-order valence-corrected chi connectivity index (χ1v) is 7.77. The highest BCUT2D eigenvalue weighted by molar-refractivity contribution is 5.85. The number of hydrogen-bond acceptors (Lipinski definition) is 3. The van der Waals surface area contributed by atoms with Gasteiger partial charge in [0.15, 0.2) is 0 Å². The van der Waals surface area contributed by atoms with Crippen molar-refractivity contribution >= 4 is 11.9 Å². The Morgan fingerprint density at radius 1 is 1.36 bits per heavy atom. The molecule has 0 unspecified atom stereocenters. The van der Waals surface area contributed by atoms with Gasteiger partial charge >= 0.3 is 5.97 Å². The van der Waals surface area contributed by atoms with E-state index in [2.05, 4.69) is 5.10 Å². The second-order valence-corrected chi connectivity index (χ2v) is 6.39. The lowest BCUT2D eigenvalue weighted by Crippen LogP contribution is -2.40. The lowest BCUT2D eigenvalue weighted by Gasteiger charge is -2.27. The first-order valence-electron chi connectivity index (χ1n) is 7.77. The SMILES string of the molecule is Cc1nn(C)c(C)c1[C@@H](C)C(=O)N(C[C@@H](C)C(=O)O)C1CC1. The maximum Gasteiger partial charge on any atom is 0.308 e. The fourth-order valence-electron chi connectivity index (χ4n) is 2.97. The number of nitrogens with zero attached hydrogens (tertiary/aromatic N) is 3. The van der Waals surface area contributed by atoms with Gasteiger partial charge in [-0.25, -0.2) is 0 Å². The van der Waals surface area contributed by atoms with Crippen molar-refractivity contribution < 1.29 is 14.7 Å². The Kier molecular flexibility index (Phi) is 4.58. The van der Waals surface area contributed by atoms with E-state index < -0.39 is 11.9 Å². The molecule has 1 saturated carbocycles. The number of amides is 1. The van der Waals surface area contributed by atoms with Gasteiger partial charge < -0.3 is 10.0 Å². The minimum Gasteiger partial charge on any atom is -0.481 e. The van der Waals surface area contributed by atoms with Gasteiger partial charge in [-0.1, -0.05) is 6.92 Å². The summed E-state index contributed by atoms with van der Waals surface area (Å²) in [7, 11) is 1.87. The van der Waals surface area contributed by atoms with E-state index in [1.807, 2.05) is 27.8 Å². The lowest BCUT2D eigenvalue weighted by atomic mass is 9.97. The molecule has 1 aliphatic carbocycles. The first-order chi connectivity index (χ1) is 10.2. The standard InChI is InChI=1S/C16H25N3O3/c1-9(16(21)22)8-19(13-6-7-13)15(20)10(2)14-11(3)17-18(5)12(14)4/h9-10,13H,6-8H2,1-5H3,(H,21,22)/t9-,10-/m1/s1. The molecule has 2 atom stereocenters. The van der Waals surface area contributed by atoms with Crippen LogP contribution in [-0.2, 0) is 16.6 Å². The Labute approximate surface area is 131 Å². The molecule has 122 valence electrons. The van der Waals surface area contributed by atoms with Crippen LogP contribution in [0.3, 0.4) is 0 Å². The summed E-state index contributed by atoms with van der Waals surface area (Å²) < 4.78 is 1.79. The van der Waals surface area contributed by atoms with E-state index in [4.69, 9.17) is 5.11 Å². The molecule has 6 nitrogen and oxygen atoms in total. The van der Waals surface area contributed by atoms with Crippen LogP contribution in [0.5, 0.6) is 0 Å². The predicted octanol–water partition coefficient (Wildman–Crippen LogP) is 1.85. The second-order valence-electron chi connectivity index (χ2n) is 6.39. The molecule has 6 heteroatoms. The number of aryl methyl sites for hydroxylation is 2. The molecule has 1 aliphatic rings. The van der Waals surface area contributed by atoms with Crippen molar-refractivity contribution in [3.05, 3.63) is 17.0 Å². The molecule has 0 saturated heterocycles. The average molecular weight is 307 g/mol. The van der Waals surface area contributed by atoms with Gasteiger partial charge in [-0.2, -0.15) is 5.10 Å². The Bertz CT molecular complexity index is 590. The highest BCUT2D eigenvalue weighted by Gasteiger charge is 2.37. The number of carbonyl (C=O) groups excluding carboxylic acids is 1. The van der Waals surface area contributed by atoms with E-state index in [0.717, 1.165) is 29.8 Å². The molecule has 0 spiro atoms. The Hall–Kier alpha value is -1.85. The summed E-state index contributed by atoms with van der Waals surface area (Å²) in [4.78, 5) is 25.8. The van der Waals surface area contributed by atoms with Crippen molar-refractivity contribution in [2.45, 2.75) is 52.5 Å². The van der Waals surface area contributed by atoms with E-state index >= 15 is 0 Å². The Balaban J connectivity index is 2.21. The average Bonchev–Trinajstić information content (AvgIpc) is 3.23. The zero-order valence-corrected chi connectivity index (χ0v) is 14.0. The number of hydrogen-bond donors (Lipinski definition) is 1. The highest BCUT2D eigenvalue weighted by atomic mass is 16.4. The number of rotatable bonds is 6. The molecule has 0 bridgehead atoms. The quantitative estimate of drug-likeness (QED) is 0.870. The molecule has 1 N–H and O–H groups in total. The second kappa shape index (κ2) is 6.10. The fraction of sp³-hybridized carbons (Fsp3) is 0.688. The van der Waals surface area contributed by atoms with Gasteiger partial charge in [0.1, 0.15) is 0 Å². The summed E-state index contributed by atoms with van der Waals surface area (Å²) in [5.41, 5.74) is 2.81. The number of aromatic nitrogens is 2. The molecule has 1 heterocycles. The summed E-state index contributed by atoms with van der Waals surface area (Å²) in [6.07, 6.45) is 1.94. The molecule has 22 heavy (non-hydrogen) atoms. The van der Waals surface area contributed by atoms with E-state index in [-0.39, 0.29) is 24.4 Å². The van der Waals surface area contributed by atoms with Crippen LogP contribution in [0.15, 0.2) is 0 Å². The van der Waals surface area contributed by atoms with Crippen LogP contribution >= 0.6 is 0 Å². The maximum absolute atomic E-state index is 12.9. The van der Waals surface area contributed by atoms with Crippen LogP contribution in [-0.4, -0.2) is 44.3 Å². The largest absolute Gasteiger partial charge is 0.481 e. The van der Waals surface area contributed by atoms with Crippen LogP contribution in [0.2, 0.25) is 0 Å². The maximum atomic E-state index is 12.9. The fourth-order valence-corrected chi connectivity index (χ4v) is 2.97. The summed E-state index contributed by atoms with van der Waals surface area (Å²) in [5.74, 6) is -1.70. The monoisotopic (exact) mass is 307 g/mol. The van der Waals surface area contributed by atoms with Gasteiger partial charge in [0.2, 0.25) is 5.91 Å². The van der Waals surface area contributed by atoms with E-state index in [0.29, 0.717) is 0 Å². The third-order valence-electron chi connectivity index (χ3n) is 4.53. The third-order valence-corrected chi connectivity index (χ3v) is 4.53. The van der Waals surface area contributed by atoms with Crippen molar-refractivity contribution in [3.63, 3.8) is 0 Å². The van der Waals surface area contributed by atoms with Crippen molar-refractivity contribution in [2.75, 3.05) is 6.54 Å². The molecule has 0 aliphatic heterocycles. The van der Waals surface area contributed by atoms with E-state index in [1.54, 1.807) is 16.5 Å². The van der Waals surface area contributed by atoms with Crippen LogP contribution in [0, 0.1) is 19.8 Å². The zero-order chi connectivity index (χ0) is 16.6. The topological polar surface area (TPSA) is 75.4 Å². The lowest BCUT2D eigenvalue weighted by molar-refractivity contribution is -0.143. The van der Waals surface area contributed by atoms with Crippen molar-refractivity contribution in [2.24, 2.45) is 13.0 Å². The van der Waals surface area contributed by atoms with Gasteiger partial charge in [-0.3, -0.25) is 14.3 Å². The minimum atomic E-state index is -0.861. The van der Waals surface area contributed by atoms with Gasteiger partial charge in [0.05, 0.1) is 17.5 Å². The van der Waals surface area contributed by atoms with Crippen LogP contribution in [0.25, 0.3) is 0 Å². The molecular formula is C16H25N3O3. The van der Waals surface area contributed by atoms with Crippen LogP contribution < -0.4 is 0 Å². The smallest absolute Gasteiger partial charge is 0.308 e. The molecule has 1 aromatic rings. The zero-order valence-electron chi connectivity index (χ0n) is 14.0. The minimum absolute atomic E-state index is 0.00907. The number of carbonyl (C=O) groups is 2. The number of carboxylic acid groups (broad SMARTS) is 1. The number of aliphatic carboxylic acids is 1. The molecule has 0 aromatic carbocycles. The van der Waals surface area contributed by atoms with Crippen LogP contribution in [0.1, 0.15) is 49.6 Å². The van der Waals surface area contributed by atoms with Crippen LogP contribution in [0.4, 0.5) is 0 Å².